The zero-order chi connectivity index (χ0) is 12.1. The zero-order valence-corrected chi connectivity index (χ0v) is 10.3. The third-order valence-corrected chi connectivity index (χ3v) is 3.40. The Balaban J connectivity index is 1.94. The highest BCUT2D eigenvalue weighted by molar-refractivity contribution is 5.23. The van der Waals surface area contributed by atoms with Gasteiger partial charge in [0, 0.05) is 6.07 Å². The summed E-state index contributed by atoms with van der Waals surface area (Å²) in [5, 5.41) is 3.32. The minimum atomic E-state index is -0.233. The minimum absolute atomic E-state index is 0.0596. The van der Waals surface area contributed by atoms with E-state index in [0.717, 1.165) is 32.4 Å². The van der Waals surface area contributed by atoms with E-state index in [4.69, 9.17) is 4.74 Å². The van der Waals surface area contributed by atoms with E-state index in [-0.39, 0.29) is 11.4 Å². The SMILES string of the molecule is CCNCCC1(Oc2cccc(F)c2)CCC1. The van der Waals surface area contributed by atoms with Crippen molar-refractivity contribution in [2.75, 3.05) is 13.1 Å². The summed E-state index contributed by atoms with van der Waals surface area (Å²) in [6.45, 7) is 4.04. The molecule has 1 fully saturated rings. The molecule has 0 atom stereocenters. The van der Waals surface area contributed by atoms with Gasteiger partial charge in [-0.2, -0.15) is 0 Å². The van der Waals surface area contributed by atoms with E-state index in [1.807, 2.05) is 6.07 Å². The lowest BCUT2D eigenvalue weighted by molar-refractivity contribution is -0.0143. The van der Waals surface area contributed by atoms with Crippen molar-refractivity contribution in [1.82, 2.24) is 5.32 Å². The molecule has 0 aromatic heterocycles. The predicted molar refractivity (Wildman–Crippen MR) is 66.8 cm³/mol. The van der Waals surface area contributed by atoms with Gasteiger partial charge in [-0.15, -0.1) is 0 Å². The first kappa shape index (κ1) is 12.4. The number of ether oxygens (including phenoxy) is 1. The molecule has 0 bridgehead atoms. The normalized spacial score (nSPS) is 17.5. The Morgan fingerprint density at radius 2 is 2.24 bits per heavy atom. The fourth-order valence-electron chi connectivity index (χ4n) is 2.25. The van der Waals surface area contributed by atoms with Crippen LogP contribution in [0.25, 0.3) is 0 Å². The van der Waals surface area contributed by atoms with E-state index in [1.54, 1.807) is 6.07 Å². The summed E-state index contributed by atoms with van der Waals surface area (Å²) in [7, 11) is 0. The van der Waals surface area contributed by atoms with Crippen LogP contribution in [-0.2, 0) is 0 Å². The van der Waals surface area contributed by atoms with Gasteiger partial charge >= 0.3 is 0 Å². The van der Waals surface area contributed by atoms with E-state index >= 15 is 0 Å². The maximum absolute atomic E-state index is 13.1. The molecular weight excluding hydrogens is 217 g/mol. The molecule has 1 saturated carbocycles. The molecule has 1 aliphatic carbocycles. The molecule has 2 rings (SSSR count). The molecule has 3 heteroatoms. The Hall–Kier alpha value is -1.09. The van der Waals surface area contributed by atoms with Gasteiger partial charge in [0.15, 0.2) is 0 Å². The van der Waals surface area contributed by atoms with Gasteiger partial charge in [0.05, 0.1) is 0 Å². The quantitative estimate of drug-likeness (QED) is 0.767. The number of hydrogen-bond acceptors (Lipinski definition) is 2. The molecule has 0 heterocycles. The molecule has 0 saturated heterocycles. The monoisotopic (exact) mass is 237 g/mol. The van der Waals surface area contributed by atoms with Crippen LogP contribution < -0.4 is 10.1 Å². The molecule has 0 unspecified atom stereocenters. The van der Waals surface area contributed by atoms with Crippen LogP contribution >= 0.6 is 0 Å². The lowest BCUT2D eigenvalue weighted by atomic mass is 9.77. The van der Waals surface area contributed by atoms with Crippen molar-refractivity contribution < 1.29 is 9.13 Å². The van der Waals surface area contributed by atoms with Crippen molar-refractivity contribution in [1.29, 1.82) is 0 Å². The lowest BCUT2D eigenvalue weighted by Gasteiger charge is -2.42. The van der Waals surface area contributed by atoms with E-state index < -0.39 is 0 Å². The van der Waals surface area contributed by atoms with Crippen molar-refractivity contribution in [3.63, 3.8) is 0 Å². The molecule has 0 aliphatic heterocycles. The van der Waals surface area contributed by atoms with Crippen molar-refractivity contribution in [3.8, 4) is 5.75 Å². The number of nitrogens with one attached hydrogen (secondary N) is 1. The van der Waals surface area contributed by atoms with Crippen molar-refractivity contribution in [2.45, 2.75) is 38.2 Å². The Labute approximate surface area is 102 Å². The Bertz CT molecular complexity index is 363. The van der Waals surface area contributed by atoms with Crippen LogP contribution in [0, 0.1) is 5.82 Å². The van der Waals surface area contributed by atoms with Crippen molar-refractivity contribution in [3.05, 3.63) is 30.1 Å². The number of benzene rings is 1. The third kappa shape index (κ3) is 3.19. The Kier molecular flexibility index (Phi) is 4.00. The highest BCUT2D eigenvalue weighted by Gasteiger charge is 2.38. The molecule has 94 valence electrons. The highest BCUT2D eigenvalue weighted by atomic mass is 19.1. The summed E-state index contributed by atoms with van der Waals surface area (Å²) in [6, 6.07) is 6.43. The summed E-state index contributed by atoms with van der Waals surface area (Å²) >= 11 is 0. The van der Waals surface area contributed by atoms with Crippen LogP contribution in [-0.4, -0.2) is 18.7 Å². The van der Waals surface area contributed by atoms with E-state index in [2.05, 4.69) is 12.2 Å². The standard InChI is InChI=1S/C14H20FNO/c1-2-16-10-9-14(7-4-8-14)17-13-6-3-5-12(15)11-13/h3,5-6,11,16H,2,4,7-10H2,1H3. The van der Waals surface area contributed by atoms with Crippen LogP contribution in [0.1, 0.15) is 32.6 Å². The molecule has 0 radical (unpaired) electrons. The minimum Gasteiger partial charge on any atom is -0.487 e. The topological polar surface area (TPSA) is 21.3 Å². The molecule has 17 heavy (non-hydrogen) atoms. The van der Waals surface area contributed by atoms with E-state index in [0.29, 0.717) is 5.75 Å². The molecule has 2 nitrogen and oxygen atoms in total. The summed E-state index contributed by atoms with van der Waals surface area (Å²) in [5.74, 6) is 0.421. The summed E-state index contributed by atoms with van der Waals surface area (Å²) in [4.78, 5) is 0. The third-order valence-electron chi connectivity index (χ3n) is 3.40. The van der Waals surface area contributed by atoms with Gasteiger partial charge in [0.25, 0.3) is 0 Å². The fraction of sp³-hybridized carbons (Fsp3) is 0.571. The number of hydrogen-bond donors (Lipinski definition) is 1. The van der Waals surface area contributed by atoms with Gasteiger partial charge in [-0.05, 0) is 50.9 Å². The second-order valence-electron chi connectivity index (χ2n) is 4.70. The molecule has 0 amide bonds. The Morgan fingerprint density at radius 3 is 2.82 bits per heavy atom. The van der Waals surface area contributed by atoms with Crippen LogP contribution in [0.5, 0.6) is 5.75 Å². The first-order chi connectivity index (χ1) is 8.24. The van der Waals surface area contributed by atoms with Crippen molar-refractivity contribution in [2.24, 2.45) is 0 Å². The fourth-order valence-corrected chi connectivity index (χ4v) is 2.25. The van der Waals surface area contributed by atoms with Gasteiger partial charge in [0.1, 0.15) is 17.2 Å². The highest BCUT2D eigenvalue weighted by Crippen LogP contribution is 2.39. The Morgan fingerprint density at radius 1 is 1.41 bits per heavy atom. The van der Waals surface area contributed by atoms with Crippen LogP contribution in [0.15, 0.2) is 24.3 Å². The summed E-state index contributed by atoms with van der Waals surface area (Å²) in [5.41, 5.74) is -0.0596. The van der Waals surface area contributed by atoms with Gasteiger partial charge in [-0.3, -0.25) is 0 Å². The molecule has 1 aromatic rings. The van der Waals surface area contributed by atoms with Crippen molar-refractivity contribution >= 4 is 0 Å². The van der Waals surface area contributed by atoms with Crippen LogP contribution in [0.2, 0.25) is 0 Å². The zero-order valence-electron chi connectivity index (χ0n) is 10.3. The van der Waals surface area contributed by atoms with E-state index in [9.17, 15) is 4.39 Å². The first-order valence-electron chi connectivity index (χ1n) is 6.39. The summed E-state index contributed by atoms with van der Waals surface area (Å²) in [6.07, 6.45) is 4.36. The van der Waals surface area contributed by atoms with Gasteiger partial charge < -0.3 is 10.1 Å². The average molecular weight is 237 g/mol. The smallest absolute Gasteiger partial charge is 0.126 e. The largest absolute Gasteiger partial charge is 0.487 e. The molecule has 1 aliphatic rings. The van der Waals surface area contributed by atoms with Gasteiger partial charge in [0.2, 0.25) is 0 Å². The maximum Gasteiger partial charge on any atom is 0.126 e. The average Bonchev–Trinajstić information content (AvgIpc) is 2.26. The van der Waals surface area contributed by atoms with Crippen LogP contribution in [0.4, 0.5) is 4.39 Å². The van der Waals surface area contributed by atoms with Gasteiger partial charge in [-0.25, -0.2) is 4.39 Å². The van der Waals surface area contributed by atoms with Crippen LogP contribution in [0.3, 0.4) is 0 Å². The number of rotatable bonds is 6. The lowest BCUT2D eigenvalue weighted by Crippen LogP contribution is -2.45. The second kappa shape index (κ2) is 5.50. The van der Waals surface area contributed by atoms with Gasteiger partial charge in [-0.1, -0.05) is 13.0 Å². The molecule has 1 N–H and O–H groups in total. The molecule has 1 aromatic carbocycles. The maximum atomic E-state index is 13.1. The molecule has 0 spiro atoms. The van der Waals surface area contributed by atoms with E-state index in [1.165, 1.54) is 18.6 Å². The number of halogens is 1. The first-order valence-corrected chi connectivity index (χ1v) is 6.39. The summed E-state index contributed by atoms with van der Waals surface area (Å²) < 4.78 is 19.1. The molecular formula is C14H20FNO. The predicted octanol–water partition coefficient (Wildman–Crippen LogP) is 3.13. The second-order valence-corrected chi connectivity index (χ2v) is 4.70.